The van der Waals surface area contributed by atoms with Crippen molar-refractivity contribution in [1.29, 1.82) is 0 Å². The topological polar surface area (TPSA) is 106 Å². The third-order valence-corrected chi connectivity index (χ3v) is 5.84. The van der Waals surface area contributed by atoms with Gasteiger partial charge in [0.1, 0.15) is 12.4 Å². The van der Waals surface area contributed by atoms with Crippen LogP contribution in [-0.2, 0) is 11.3 Å². The number of carbonyl (C=O) groups excluding carboxylic acids is 1. The highest BCUT2D eigenvalue weighted by atomic mass is 16.5. The first-order chi connectivity index (χ1) is 16.2. The Balaban J connectivity index is 1.44. The van der Waals surface area contributed by atoms with Crippen molar-refractivity contribution in [2.24, 2.45) is 10.7 Å². The average molecular weight is 453 g/mol. The number of amides is 1. The Kier molecular flexibility index (Phi) is 8.21. The summed E-state index contributed by atoms with van der Waals surface area (Å²) in [6, 6.07) is 9.47. The maximum absolute atomic E-state index is 11.4. The van der Waals surface area contributed by atoms with Crippen molar-refractivity contribution in [1.82, 2.24) is 14.9 Å². The number of aliphatic imine (C=N–C) groups is 1. The first-order valence-electron chi connectivity index (χ1n) is 11.6. The molecule has 4 rings (SSSR count). The summed E-state index contributed by atoms with van der Waals surface area (Å²) in [6.45, 7) is 7.03. The SMILES string of the molecule is NC(=O)c1cccc(CN=Cc2cc(N3CCOCC3)nc(OCCN3CCCCC3)n2)c1. The first-order valence-corrected chi connectivity index (χ1v) is 11.6. The van der Waals surface area contributed by atoms with Gasteiger partial charge in [0.25, 0.3) is 0 Å². The summed E-state index contributed by atoms with van der Waals surface area (Å²) >= 11 is 0. The molecule has 2 saturated heterocycles. The minimum absolute atomic E-state index is 0.369. The Morgan fingerprint density at radius 2 is 1.94 bits per heavy atom. The molecule has 2 aromatic rings. The molecule has 0 aliphatic carbocycles. The van der Waals surface area contributed by atoms with Crippen LogP contribution in [0.15, 0.2) is 35.3 Å². The van der Waals surface area contributed by atoms with Gasteiger partial charge in [-0.1, -0.05) is 18.6 Å². The van der Waals surface area contributed by atoms with Crippen molar-refractivity contribution in [2.75, 3.05) is 57.4 Å². The van der Waals surface area contributed by atoms with Gasteiger partial charge in [0.15, 0.2) is 0 Å². The number of nitrogens with zero attached hydrogens (tertiary/aromatic N) is 5. The molecule has 33 heavy (non-hydrogen) atoms. The summed E-state index contributed by atoms with van der Waals surface area (Å²) in [5, 5.41) is 0. The number of piperidine rings is 1. The summed E-state index contributed by atoms with van der Waals surface area (Å²) < 4.78 is 11.4. The molecule has 0 bridgehead atoms. The van der Waals surface area contributed by atoms with Gasteiger partial charge in [0.05, 0.1) is 25.5 Å². The lowest BCUT2D eigenvalue weighted by atomic mass is 10.1. The second-order valence-corrected chi connectivity index (χ2v) is 8.32. The van der Waals surface area contributed by atoms with E-state index < -0.39 is 5.91 Å². The van der Waals surface area contributed by atoms with E-state index in [1.807, 2.05) is 12.1 Å². The lowest BCUT2D eigenvalue weighted by Gasteiger charge is -2.28. The van der Waals surface area contributed by atoms with Gasteiger partial charge in [0.2, 0.25) is 5.91 Å². The molecular formula is C24H32N6O3. The second-order valence-electron chi connectivity index (χ2n) is 8.32. The summed E-state index contributed by atoms with van der Waals surface area (Å²) in [5.41, 5.74) is 7.44. The van der Waals surface area contributed by atoms with Crippen LogP contribution in [0.1, 0.15) is 40.9 Å². The molecule has 2 N–H and O–H groups in total. The first kappa shape index (κ1) is 23.1. The number of ether oxygens (including phenoxy) is 2. The number of morpholine rings is 1. The van der Waals surface area contributed by atoms with Crippen LogP contribution in [0.5, 0.6) is 6.01 Å². The molecule has 3 heterocycles. The Bertz CT molecular complexity index is 955. The van der Waals surface area contributed by atoms with E-state index in [0.29, 0.717) is 43.6 Å². The van der Waals surface area contributed by atoms with Crippen molar-refractivity contribution < 1.29 is 14.3 Å². The van der Waals surface area contributed by atoms with Gasteiger partial charge >= 0.3 is 6.01 Å². The maximum Gasteiger partial charge on any atom is 0.319 e. The molecular weight excluding hydrogens is 420 g/mol. The number of aromatic nitrogens is 2. The number of carbonyl (C=O) groups is 1. The van der Waals surface area contributed by atoms with Crippen LogP contribution in [0.2, 0.25) is 0 Å². The van der Waals surface area contributed by atoms with E-state index >= 15 is 0 Å². The summed E-state index contributed by atoms with van der Waals surface area (Å²) in [4.78, 5) is 29.7. The normalized spacial score (nSPS) is 17.4. The zero-order valence-corrected chi connectivity index (χ0v) is 19.0. The molecule has 9 nitrogen and oxygen atoms in total. The predicted octanol–water partition coefficient (Wildman–Crippen LogP) is 1.90. The fourth-order valence-electron chi connectivity index (χ4n) is 4.03. The van der Waals surface area contributed by atoms with Gasteiger partial charge in [-0.15, -0.1) is 0 Å². The predicted molar refractivity (Wildman–Crippen MR) is 127 cm³/mol. The van der Waals surface area contributed by atoms with Crippen LogP contribution >= 0.6 is 0 Å². The molecule has 1 amide bonds. The van der Waals surface area contributed by atoms with Crippen LogP contribution < -0.4 is 15.4 Å². The van der Waals surface area contributed by atoms with E-state index in [4.69, 9.17) is 15.2 Å². The lowest BCUT2D eigenvalue weighted by molar-refractivity contribution is 0.1000. The van der Waals surface area contributed by atoms with Crippen LogP contribution in [0.25, 0.3) is 0 Å². The number of rotatable bonds is 9. The van der Waals surface area contributed by atoms with E-state index in [0.717, 1.165) is 44.1 Å². The number of hydrogen-bond donors (Lipinski definition) is 1. The quantitative estimate of drug-likeness (QED) is 0.579. The number of benzene rings is 1. The third-order valence-electron chi connectivity index (χ3n) is 5.84. The van der Waals surface area contributed by atoms with Crippen molar-refractivity contribution >= 4 is 17.9 Å². The second kappa shape index (κ2) is 11.7. The Labute approximate surface area is 194 Å². The van der Waals surface area contributed by atoms with E-state index in [2.05, 4.69) is 24.8 Å². The van der Waals surface area contributed by atoms with Gasteiger partial charge in [-0.3, -0.25) is 14.7 Å². The summed E-state index contributed by atoms with van der Waals surface area (Å²) in [7, 11) is 0. The highest BCUT2D eigenvalue weighted by Crippen LogP contribution is 2.18. The molecule has 2 aliphatic heterocycles. The molecule has 176 valence electrons. The summed E-state index contributed by atoms with van der Waals surface area (Å²) in [5.74, 6) is 0.372. The van der Waals surface area contributed by atoms with Crippen molar-refractivity contribution in [3.05, 3.63) is 47.2 Å². The van der Waals surface area contributed by atoms with Crippen LogP contribution in [0.4, 0.5) is 5.82 Å². The molecule has 0 unspecified atom stereocenters. The van der Waals surface area contributed by atoms with Crippen molar-refractivity contribution in [2.45, 2.75) is 25.8 Å². The monoisotopic (exact) mass is 452 g/mol. The van der Waals surface area contributed by atoms with Crippen LogP contribution in [0.3, 0.4) is 0 Å². The summed E-state index contributed by atoms with van der Waals surface area (Å²) in [6.07, 6.45) is 5.55. The standard InChI is InChI=1S/C24H32N6O3/c25-23(31)20-6-4-5-19(15-20)17-26-18-21-16-22(30-10-12-32-13-11-30)28-24(27-21)33-14-9-29-7-2-1-3-8-29/h4-6,15-16,18H,1-3,7-14,17H2,(H2,25,31). The maximum atomic E-state index is 11.4. The molecule has 0 saturated carbocycles. The van der Waals surface area contributed by atoms with Gasteiger partial charge in [-0.2, -0.15) is 9.97 Å². The zero-order chi connectivity index (χ0) is 22.9. The largest absolute Gasteiger partial charge is 0.462 e. The molecule has 9 heteroatoms. The zero-order valence-electron chi connectivity index (χ0n) is 19.0. The van der Waals surface area contributed by atoms with E-state index in [9.17, 15) is 4.79 Å². The lowest BCUT2D eigenvalue weighted by Crippen LogP contribution is -2.37. The number of hydrogen-bond acceptors (Lipinski definition) is 8. The van der Waals surface area contributed by atoms with E-state index in [1.165, 1.54) is 19.3 Å². The van der Waals surface area contributed by atoms with Gasteiger partial charge in [-0.25, -0.2) is 0 Å². The Morgan fingerprint density at radius 1 is 1.12 bits per heavy atom. The molecule has 0 spiro atoms. The molecule has 2 fully saturated rings. The van der Waals surface area contributed by atoms with Gasteiger partial charge in [0, 0.05) is 37.5 Å². The molecule has 2 aliphatic rings. The minimum atomic E-state index is -0.446. The van der Waals surface area contributed by atoms with E-state index in [-0.39, 0.29) is 0 Å². The fraction of sp³-hybridized carbons (Fsp3) is 0.500. The highest BCUT2D eigenvalue weighted by Gasteiger charge is 2.16. The third kappa shape index (κ3) is 6.97. The smallest absolute Gasteiger partial charge is 0.319 e. The molecule has 0 atom stereocenters. The minimum Gasteiger partial charge on any atom is -0.462 e. The molecule has 0 radical (unpaired) electrons. The molecule has 1 aromatic heterocycles. The van der Waals surface area contributed by atoms with Gasteiger partial charge in [-0.05, 0) is 43.6 Å². The van der Waals surface area contributed by atoms with E-state index in [1.54, 1.807) is 24.4 Å². The average Bonchev–Trinajstić information content (AvgIpc) is 2.85. The number of likely N-dealkylation sites (tertiary alicyclic amines) is 1. The van der Waals surface area contributed by atoms with Crippen molar-refractivity contribution in [3.63, 3.8) is 0 Å². The van der Waals surface area contributed by atoms with Crippen LogP contribution in [-0.4, -0.2) is 79.5 Å². The Morgan fingerprint density at radius 3 is 2.73 bits per heavy atom. The molecule has 1 aromatic carbocycles. The number of primary amides is 1. The Hall–Kier alpha value is -3.04. The van der Waals surface area contributed by atoms with Gasteiger partial charge < -0.3 is 20.1 Å². The number of anilines is 1. The van der Waals surface area contributed by atoms with Crippen molar-refractivity contribution in [3.8, 4) is 6.01 Å². The highest BCUT2D eigenvalue weighted by molar-refractivity contribution is 5.92. The number of nitrogens with two attached hydrogens (primary N) is 1. The fourth-order valence-corrected chi connectivity index (χ4v) is 4.03. The van der Waals surface area contributed by atoms with Crippen LogP contribution in [0, 0.1) is 0 Å².